The second-order valence-corrected chi connectivity index (χ2v) is 5.41. The molecule has 0 spiro atoms. The van der Waals surface area contributed by atoms with Gasteiger partial charge in [-0.25, -0.2) is 4.39 Å². The van der Waals surface area contributed by atoms with Gasteiger partial charge < -0.3 is 9.84 Å². The Labute approximate surface area is 105 Å². The van der Waals surface area contributed by atoms with Crippen LogP contribution in [0.15, 0.2) is 29.2 Å². The smallest absolute Gasteiger partial charge is 0.124 e. The van der Waals surface area contributed by atoms with Crippen LogP contribution >= 0.6 is 11.8 Å². The van der Waals surface area contributed by atoms with Crippen molar-refractivity contribution in [2.45, 2.75) is 23.8 Å². The van der Waals surface area contributed by atoms with Crippen LogP contribution in [-0.2, 0) is 4.74 Å². The Kier molecular flexibility index (Phi) is 4.83. The molecule has 2 rings (SSSR count). The van der Waals surface area contributed by atoms with Gasteiger partial charge in [0.05, 0.1) is 12.7 Å². The van der Waals surface area contributed by atoms with E-state index >= 15 is 0 Å². The number of hydrogen-bond acceptors (Lipinski definition) is 3. The van der Waals surface area contributed by atoms with E-state index in [1.807, 2.05) is 6.07 Å². The normalized spacial score (nSPS) is 22.4. The second kappa shape index (κ2) is 6.38. The van der Waals surface area contributed by atoms with Crippen LogP contribution in [0.1, 0.15) is 12.8 Å². The van der Waals surface area contributed by atoms with E-state index in [2.05, 4.69) is 0 Å². The van der Waals surface area contributed by atoms with E-state index in [0.29, 0.717) is 12.4 Å². The summed E-state index contributed by atoms with van der Waals surface area (Å²) in [4.78, 5) is 0.862. The van der Waals surface area contributed by atoms with Gasteiger partial charge in [0.2, 0.25) is 0 Å². The van der Waals surface area contributed by atoms with Crippen LogP contribution in [0.3, 0.4) is 0 Å². The van der Waals surface area contributed by atoms with Crippen LogP contribution in [0.2, 0.25) is 0 Å². The summed E-state index contributed by atoms with van der Waals surface area (Å²) in [5.41, 5.74) is 0. The highest BCUT2D eigenvalue weighted by molar-refractivity contribution is 7.99. The summed E-state index contributed by atoms with van der Waals surface area (Å²) in [7, 11) is 0. The van der Waals surface area contributed by atoms with Crippen molar-refractivity contribution in [1.82, 2.24) is 0 Å². The Morgan fingerprint density at radius 1 is 1.53 bits per heavy atom. The van der Waals surface area contributed by atoms with Crippen LogP contribution in [0.25, 0.3) is 0 Å². The van der Waals surface area contributed by atoms with E-state index < -0.39 is 0 Å². The van der Waals surface area contributed by atoms with E-state index in [9.17, 15) is 9.50 Å². The van der Waals surface area contributed by atoms with Gasteiger partial charge >= 0.3 is 0 Å². The monoisotopic (exact) mass is 256 g/mol. The zero-order chi connectivity index (χ0) is 12.1. The lowest BCUT2D eigenvalue weighted by Crippen LogP contribution is -2.30. The maximum absolute atomic E-state index is 13.0. The number of aliphatic hydroxyl groups is 1. The first-order valence-corrected chi connectivity index (χ1v) is 6.88. The molecule has 4 heteroatoms. The highest BCUT2D eigenvalue weighted by Gasteiger charge is 2.22. The fourth-order valence-corrected chi connectivity index (χ4v) is 2.95. The van der Waals surface area contributed by atoms with Crippen molar-refractivity contribution in [2.24, 2.45) is 5.92 Å². The Morgan fingerprint density at radius 3 is 3.12 bits per heavy atom. The summed E-state index contributed by atoms with van der Waals surface area (Å²) >= 11 is 1.49. The van der Waals surface area contributed by atoms with E-state index in [0.717, 1.165) is 24.3 Å². The summed E-state index contributed by atoms with van der Waals surface area (Å²) < 4.78 is 18.3. The molecule has 1 aromatic carbocycles. The highest BCUT2D eigenvalue weighted by atomic mass is 32.2. The lowest BCUT2D eigenvalue weighted by molar-refractivity contribution is -0.0000407. The summed E-state index contributed by atoms with van der Waals surface area (Å²) in [6.45, 7) is 1.45. The number of halogens is 1. The van der Waals surface area contributed by atoms with Crippen molar-refractivity contribution in [1.29, 1.82) is 0 Å². The van der Waals surface area contributed by atoms with E-state index in [4.69, 9.17) is 4.74 Å². The number of thioether (sulfide) groups is 1. The maximum Gasteiger partial charge on any atom is 0.124 e. The van der Waals surface area contributed by atoms with Crippen molar-refractivity contribution in [2.75, 3.05) is 19.0 Å². The van der Waals surface area contributed by atoms with Gasteiger partial charge in [0.25, 0.3) is 0 Å². The molecule has 17 heavy (non-hydrogen) atoms. The second-order valence-electron chi connectivity index (χ2n) is 4.31. The van der Waals surface area contributed by atoms with E-state index in [-0.39, 0.29) is 17.8 Å². The molecule has 0 aliphatic carbocycles. The molecular formula is C13H17FO2S. The number of aliphatic hydroxyl groups excluding tert-OH is 1. The minimum Gasteiger partial charge on any atom is -0.392 e. The molecule has 1 heterocycles. The first-order chi connectivity index (χ1) is 8.25. The Morgan fingerprint density at radius 2 is 2.41 bits per heavy atom. The Balaban J connectivity index is 1.80. The molecule has 2 atom stereocenters. The van der Waals surface area contributed by atoms with Crippen molar-refractivity contribution in [3.8, 4) is 0 Å². The molecule has 1 N–H and O–H groups in total. The molecular weight excluding hydrogens is 239 g/mol. The topological polar surface area (TPSA) is 29.5 Å². The Bertz CT molecular complexity index is 353. The van der Waals surface area contributed by atoms with Gasteiger partial charge in [-0.3, -0.25) is 0 Å². The lowest BCUT2D eigenvalue weighted by Gasteiger charge is -2.26. The largest absolute Gasteiger partial charge is 0.392 e. The summed E-state index contributed by atoms with van der Waals surface area (Å²) in [5.74, 6) is 0.590. The zero-order valence-electron chi connectivity index (χ0n) is 9.64. The molecule has 1 aliphatic heterocycles. The standard InChI is InChI=1S/C13H17FO2S/c14-11-4-1-5-12(7-11)17-9-13(15)10-3-2-6-16-8-10/h1,4-5,7,10,13,15H,2-3,6,8-9H2. The molecule has 2 unspecified atom stereocenters. The predicted molar refractivity (Wildman–Crippen MR) is 66.7 cm³/mol. The molecule has 1 saturated heterocycles. The average Bonchev–Trinajstić information content (AvgIpc) is 2.37. The van der Waals surface area contributed by atoms with Crippen LogP contribution in [0, 0.1) is 11.7 Å². The van der Waals surface area contributed by atoms with Gasteiger partial charge in [0, 0.05) is 23.2 Å². The number of benzene rings is 1. The van der Waals surface area contributed by atoms with Gasteiger partial charge in [-0.2, -0.15) is 0 Å². The first kappa shape index (κ1) is 12.9. The SMILES string of the molecule is OC(CSc1cccc(F)c1)C1CCCOC1. The molecule has 1 aromatic rings. The maximum atomic E-state index is 13.0. The van der Waals surface area contributed by atoms with Crippen LogP contribution in [-0.4, -0.2) is 30.2 Å². The minimum atomic E-state index is -0.372. The number of ether oxygens (including phenoxy) is 1. The van der Waals surface area contributed by atoms with Gasteiger partial charge in [0.15, 0.2) is 0 Å². The molecule has 0 saturated carbocycles. The zero-order valence-corrected chi connectivity index (χ0v) is 10.5. The molecule has 0 aromatic heterocycles. The van der Waals surface area contributed by atoms with Crippen molar-refractivity contribution in [3.05, 3.63) is 30.1 Å². The molecule has 0 bridgehead atoms. The molecule has 1 aliphatic rings. The fourth-order valence-electron chi connectivity index (χ4n) is 1.94. The molecule has 0 amide bonds. The van der Waals surface area contributed by atoms with Crippen molar-refractivity contribution >= 4 is 11.8 Å². The first-order valence-electron chi connectivity index (χ1n) is 5.90. The summed E-state index contributed by atoms with van der Waals surface area (Å²) in [6, 6.07) is 6.47. The Hall–Kier alpha value is -0.580. The molecule has 0 radical (unpaired) electrons. The minimum absolute atomic E-state index is 0.227. The lowest BCUT2D eigenvalue weighted by atomic mass is 9.97. The predicted octanol–water partition coefficient (Wildman–Crippen LogP) is 2.71. The van der Waals surface area contributed by atoms with Gasteiger partial charge in [-0.15, -0.1) is 11.8 Å². The molecule has 94 valence electrons. The average molecular weight is 256 g/mol. The van der Waals surface area contributed by atoms with Gasteiger partial charge in [0.1, 0.15) is 5.82 Å². The van der Waals surface area contributed by atoms with Crippen molar-refractivity contribution < 1.29 is 14.2 Å². The molecule has 2 nitrogen and oxygen atoms in total. The summed E-state index contributed by atoms with van der Waals surface area (Å²) in [6.07, 6.45) is 1.67. The van der Waals surface area contributed by atoms with E-state index in [1.54, 1.807) is 6.07 Å². The van der Waals surface area contributed by atoms with E-state index in [1.165, 1.54) is 23.9 Å². The van der Waals surface area contributed by atoms with Crippen LogP contribution in [0.5, 0.6) is 0 Å². The third kappa shape index (κ3) is 3.98. The number of rotatable bonds is 4. The van der Waals surface area contributed by atoms with Gasteiger partial charge in [-0.05, 0) is 31.0 Å². The summed E-state index contributed by atoms with van der Waals surface area (Å²) in [5, 5.41) is 10.0. The van der Waals surface area contributed by atoms with Crippen molar-refractivity contribution in [3.63, 3.8) is 0 Å². The molecule has 1 fully saturated rings. The highest BCUT2D eigenvalue weighted by Crippen LogP contribution is 2.24. The fraction of sp³-hybridized carbons (Fsp3) is 0.538. The third-order valence-electron chi connectivity index (χ3n) is 2.96. The van der Waals surface area contributed by atoms with Crippen LogP contribution < -0.4 is 0 Å². The third-order valence-corrected chi connectivity index (χ3v) is 4.05. The quantitative estimate of drug-likeness (QED) is 0.840. The van der Waals surface area contributed by atoms with Gasteiger partial charge in [-0.1, -0.05) is 6.07 Å². The number of hydrogen-bond donors (Lipinski definition) is 1. The van der Waals surface area contributed by atoms with Crippen LogP contribution in [0.4, 0.5) is 4.39 Å².